The Morgan fingerprint density at radius 3 is 2.04 bits per heavy atom. The monoisotopic (exact) mass is 332 g/mol. The van der Waals surface area contributed by atoms with Crippen LogP contribution in [0.15, 0.2) is 24.3 Å². The number of carboxylic acids is 1. The number of fused-ring (bicyclic) bond motifs is 1. The van der Waals surface area contributed by atoms with Crippen molar-refractivity contribution in [2.24, 2.45) is 5.92 Å². The molecule has 0 saturated carbocycles. The van der Waals surface area contributed by atoms with Crippen LogP contribution in [-0.4, -0.2) is 45.8 Å². The Morgan fingerprint density at radius 1 is 1.12 bits per heavy atom. The molecule has 128 valence electrons. The van der Waals surface area contributed by atoms with Crippen molar-refractivity contribution < 1.29 is 24.3 Å². The Morgan fingerprint density at radius 2 is 1.62 bits per heavy atom. The molecule has 0 spiro atoms. The summed E-state index contributed by atoms with van der Waals surface area (Å²) in [6, 6.07) is 4.17. The van der Waals surface area contributed by atoms with Gasteiger partial charge in [0.1, 0.15) is 12.1 Å². The topological polar surface area (TPSA) is 104 Å². The fourth-order valence-electron chi connectivity index (χ4n) is 2.63. The lowest BCUT2D eigenvalue weighted by molar-refractivity contribution is -0.143. The summed E-state index contributed by atoms with van der Waals surface area (Å²) in [5.74, 6) is -3.19. The molecule has 2 N–H and O–H groups in total. The average molecular weight is 332 g/mol. The van der Waals surface area contributed by atoms with Crippen LogP contribution in [0.4, 0.5) is 0 Å². The van der Waals surface area contributed by atoms with E-state index in [1.807, 2.05) is 6.92 Å². The SMILES string of the molecule is CCC(C)C(NC(=O)C(C)N1C(=O)c2ccccc2C1=O)C(=O)O. The molecule has 0 aliphatic carbocycles. The lowest BCUT2D eigenvalue weighted by atomic mass is 9.99. The van der Waals surface area contributed by atoms with Gasteiger partial charge in [-0.2, -0.15) is 0 Å². The second-order valence-electron chi connectivity index (χ2n) is 5.91. The van der Waals surface area contributed by atoms with Gasteiger partial charge in [-0.05, 0) is 25.0 Å². The van der Waals surface area contributed by atoms with E-state index in [1.54, 1.807) is 19.1 Å². The third-order valence-electron chi connectivity index (χ3n) is 4.37. The highest BCUT2D eigenvalue weighted by molar-refractivity contribution is 6.22. The number of nitrogens with one attached hydrogen (secondary N) is 1. The van der Waals surface area contributed by atoms with E-state index in [0.717, 1.165) is 4.90 Å². The maximum Gasteiger partial charge on any atom is 0.326 e. The molecular weight excluding hydrogens is 312 g/mol. The Kier molecular flexibility index (Phi) is 5.02. The Balaban J connectivity index is 2.19. The molecule has 1 heterocycles. The zero-order valence-electron chi connectivity index (χ0n) is 13.8. The molecule has 0 bridgehead atoms. The number of carbonyl (C=O) groups is 4. The molecule has 3 unspecified atom stereocenters. The maximum absolute atomic E-state index is 12.4. The Bertz CT molecular complexity index is 665. The van der Waals surface area contributed by atoms with Crippen molar-refractivity contribution in [2.45, 2.75) is 39.3 Å². The Labute approximate surface area is 139 Å². The molecule has 0 saturated heterocycles. The normalized spacial score (nSPS) is 17.2. The van der Waals surface area contributed by atoms with E-state index in [4.69, 9.17) is 0 Å². The fourth-order valence-corrected chi connectivity index (χ4v) is 2.63. The van der Waals surface area contributed by atoms with Crippen molar-refractivity contribution in [3.63, 3.8) is 0 Å². The third kappa shape index (κ3) is 3.02. The van der Waals surface area contributed by atoms with Gasteiger partial charge in [0.25, 0.3) is 11.8 Å². The van der Waals surface area contributed by atoms with Gasteiger partial charge in [0.05, 0.1) is 11.1 Å². The second kappa shape index (κ2) is 6.82. The van der Waals surface area contributed by atoms with Crippen LogP contribution in [0.1, 0.15) is 47.9 Å². The van der Waals surface area contributed by atoms with Gasteiger partial charge in [0, 0.05) is 0 Å². The van der Waals surface area contributed by atoms with E-state index in [1.165, 1.54) is 19.1 Å². The van der Waals surface area contributed by atoms with Gasteiger partial charge in [-0.1, -0.05) is 32.4 Å². The first-order chi connectivity index (χ1) is 11.3. The van der Waals surface area contributed by atoms with Crippen molar-refractivity contribution in [1.29, 1.82) is 0 Å². The molecule has 7 heteroatoms. The highest BCUT2D eigenvalue weighted by Crippen LogP contribution is 2.24. The first-order valence-corrected chi connectivity index (χ1v) is 7.79. The van der Waals surface area contributed by atoms with Crippen LogP contribution in [0.5, 0.6) is 0 Å². The van der Waals surface area contributed by atoms with Crippen molar-refractivity contribution in [3.8, 4) is 0 Å². The van der Waals surface area contributed by atoms with Crippen molar-refractivity contribution in [2.75, 3.05) is 0 Å². The number of rotatable bonds is 6. The predicted molar refractivity (Wildman–Crippen MR) is 85.4 cm³/mol. The molecule has 7 nitrogen and oxygen atoms in total. The second-order valence-corrected chi connectivity index (χ2v) is 5.91. The molecule has 1 aliphatic rings. The van der Waals surface area contributed by atoms with Gasteiger partial charge in [0.2, 0.25) is 5.91 Å². The summed E-state index contributed by atoms with van der Waals surface area (Å²) in [7, 11) is 0. The molecule has 3 atom stereocenters. The van der Waals surface area contributed by atoms with Crippen LogP contribution < -0.4 is 5.32 Å². The number of nitrogens with zero attached hydrogens (tertiary/aromatic N) is 1. The molecule has 0 fully saturated rings. The predicted octanol–water partition coefficient (Wildman–Crippen LogP) is 1.29. The van der Waals surface area contributed by atoms with Crippen LogP contribution >= 0.6 is 0 Å². The van der Waals surface area contributed by atoms with Crippen molar-refractivity contribution >= 4 is 23.7 Å². The minimum absolute atomic E-state index is 0.249. The lowest BCUT2D eigenvalue weighted by Gasteiger charge is -2.26. The summed E-state index contributed by atoms with van der Waals surface area (Å²) < 4.78 is 0. The van der Waals surface area contributed by atoms with Gasteiger partial charge in [-0.25, -0.2) is 4.79 Å². The van der Waals surface area contributed by atoms with E-state index in [-0.39, 0.29) is 17.0 Å². The molecule has 0 radical (unpaired) electrons. The number of hydrogen-bond acceptors (Lipinski definition) is 4. The molecule has 1 aromatic carbocycles. The quantitative estimate of drug-likeness (QED) is 0.764. The summed E-state index contributed by atoms with van der Waals surface area (Å²) in [6.07, 6.45) is 0.568. The average Bonchev–Trinajstić information content (AvgIpc) is 2.82. The molecular formula is C17H20N2O5. The molecule has 24 heavy (non-hydrogen) atoms. The van der Waals surface area contributed by atoms with Crippen LogP contribution in [0.25, 0.3) is 0 Å². The van der Waals surface area contributed by atoms with Crippen LogP contribution in [0.2, 0.25) is 0 Å². The summed E-state index contributed by atoms with van der Waals surface area (Å²) in [5.41, 5.74) is 0.498. The van der Waals surface area contributed by atoms with Crippen LogP contribution in [0.3, 0.4) is 0 Å². The minimum atomic E-state index is -1.15. The summed E-state index contributed by atoms with van der Waals surface area (Å²) >= 11 is 0. The minimum Gasteiger partial charge on any atom is -0.480 e. The smallest absolute Gasteiger partial charge is 0.326 e. The number of carbonyl (C=O) groups excluding carboxylic acids is 3. The van der Waals surface area contributed by atoms with Gasteiger partial charge in [0.15, 0.2) is 0 Å². The molecule has 2 rings (SSSR count). The number of hydrogen-bond donors (Lipinski definition) is 2. The molecule has 3 amide bonds. The van der Waals surface area contributed by atoms with Crippen LogP contribution in [0, 0.1) is 5.92 Å². The Hall–Kier alpha value is -2.70. The van der Waals surface area contributed by atoms with E-state index >= 15 is 0 Å². The van der Waals surface area contributed by atoms with E-state index in [9.17, 15) is 24.3 Å². The van der Waals surface area contributed by atoms with Gasteiger partial charge < -0.3 is 10.4 Å². The molecule has 1 aliphatic heterocycles. The summed E-state index contributed by atoms with van der Waals surface area (Å²) in [4.78, 5) is 49.3. The van der Waals surface area contributed by atoms with E-state index in [2.05, 4.69) is 5.32 Å². The number of aliphatic carboxylic acids is 1. The lowest BCUT2D eigenvalue weighted by Crippen LogP contribution is -2.53. The summed E-state index contributed by atoms with van der Waals surface area (Å²) in [6.45, 7) is 4.94. The standard InChI is InChI=1S/C17H20N2O5/c1-4-9(2)13(17(23)24)18-14(20)10(3)19-15(21)11-7-5-6-8-12(11)16(19)22/h5-10,13H,4H2,1-3H3,(H,18,20)(H,23,24). The van der Waals surface area contributed by atoms with Crippen molar-refractivity contribution in [1.82, 2.24) is 10.2 Å². The zero-order valence-corrected chi connectivity index (χ0v) is 13.8. The fraction of sp³-hybridized carbons (Fsp3) is 0.412. The van der Waals surface area contributed by atoms with Gasteiger partial charge in [-0.15, -0.1) is 0 Å². The third-order valence-corrected chi connectivity index (χ3v) is 4.37. The van der Waals surface area contributed by atoms with Crippen LogP contribution in [-0.2, 0) is 9.59 Å². The van der Waals surface area contributed by atoms with E-state index < -0.39 is 35.8 Å². The van der Waals surface area contributed by atoms with Gasteiger partial charge in [-0.3, -0.25) is 19.3 Å². The van der Waals surface area contributed by atoms with Gasteiger partial charge >= 0.3 is 5.97 Å². The molecule has 0 aromatic heterocycles. The first kappa shape index (κ1) is 17.7. The van der Waals surface area contributed by atoms with Crippen molar-refractivity contribution in [3.05, 3.63) is 35.4 Å². The summed E-state index contributed by atoms with van der Waals surface area (Å²) in [5, 5.41) is 11.7. The van der Waals surface area contributed by atoms with E-state index in [0.29, 0.717) is 6.42 Å². The zero-order chi connectivity index (χ0) is 18.0. The highest BCUT2D eigenvalue weighted by atomic mass is 16.4. The largest absolute Gasteiger partial charge is 0.480 e. The number of amides is 3. The number of carboxylic acid groups (broad SMARTS) is 1. The number of imide groups is 1. The first-order valence-electron chi connectivity index (χ1n) is 7.79. The molecule has 1 aromatic rings. The maximum atomic E-state index is 12.4. The highest BCUT2D eigenvalue weighted by Gasteiger charge is 2.41. The number of benzene rings is 1.